The zero-order valence-electron chi connectivity index (χ0n) is 20.5. The van der Waals surface area contributed by atoms with E-state index in [-0.39, 0.29) is 11.7 Å². The van der Waals surface area contributed by atoms with Crippen LogP contribution in [0.1, 0.15) is 37.6 Å². The lowest BCUT2D eigenvalue weighted by atomic mass is 9.93. The van der Waals surface area contributed by atoms with E-state index >= 15 is 0 Å². The number of imidazole rings is 1. The fourth-order valence-electron chi connectivity index (χ4n) is 5.04. The zero-order valence-corrected chi connectivity index (χ0v) is 20.5. The molecule has 0 atom stereocenters. The van der Waals surface area contributed by atoms with E-state index in [0.717, 1.165) is 60.6 Å². The Morgan fingerprint density at radius 2 is 2.03 bits per heavy atom. The monoisotopic (exact) mass is 491 g/mol. The van der Waals surface area contributed by atoms with Crippen LogP contribution in [0.15, 0.2) is 36.7 Å². The third-order valence-electron chi connectivity index (χ3n) is 7.06. The number of carbonyl (C=O) groups is 1. The average molecular weight is 492 g/mol. The van der Waals surface area contributed by atoms with Crippen LogP contribution in [0.4, 0.5) is 10.2 Å². The molecule has 188 valence electrons. The number of halogens is 1. The van der Waals surface area contributed by atoms with Gasteiger partial charge < -0.3 is 24.9 Å². The maximum absolute atomic E-state index is 14.2. The molecule has 0 aliphatic carbocycles. The van der Waals surface area contributed by atoms with Gasteiger partial charge in [-0.05, 0) is 60.1 Å². The van der Waals surface area contributed by atoms with Crippen LogP contribution >= 0.6 is 0 Å². The van der Waals surface area contributed by atoms with Gasteiger partial charge in [-0.1, -0.05) is 6.07 Å². The molecule has 3 N–H and O–H groups in total. The van der Waals surface area contributed by atoms with Gasteiger partial charge in [0.15, 0.2) is 17.0 Å². The summed E-state index contributed by atoms with van der Waals surface area (Å²) in [6.45, 7) is 3.77. The lowest BCUT2D eigenvalue weighted by Gasteiger charge is -2.31. The second-order valence-corrected chi connectivity index (χ2v) is 9.27. The number of nitrogens with zero attached hydrogens (tertiary/aromatic N) is 5. The minimum Gasteiger partial charge on any atom is -0.497 e. The number of nitrogens with two attached hydrogens (primary N) is 1. The molecule has 4 heterocycles. The van der Waals surface area contributed by atoms with Gasteiger partial charge in [0, 0.05) is 45.4 Å². The number of carbonyl (C=O) groups excluding carboxylic acids is 1. The van der Waals surface area contributed by atoms with Crippen molar-refractivity contribution < 1.29 is 13.9 Å². The van der Waals surface area contributed by atoms with Crippen molar-refractivity contribution >= 4 is 22.9 Å². The molecule has 0 unspecified atom stereocenters. The number of hydrogen-bond donors (Lipinski definition) is 2. The highest BCUT2D eigenvalue weighted by Gasteiger charge is 2.23. The summed E-state index contributed by atoms with van der Waals surface area (Å²) in [4.78, 5) is 29.2. The number of anilines is 1. The molecule has 1 aliphatic heterocycles. The first-order valence-electron chi connectivity index (χ1n) is 12.2. The number of rotatable bonds is 7. The van der Waals surface area contributed by atoms with Gasteiger partial charge in [0.05, 0.1) is 7.11 Å². The van der Waals surface area contributed by atoms with Crippen LogP contribution < -0.4 is 10.5 Å². The zero-order chi connectivity index (χ0) is 25.2. The van der Waals surface area contributed by atoms with Crippen molar-refractivity contribution in [1.29, 1.82) is 0 Å². The van der Waals surface area contributed by atoms with Crippen molar-refractivity contribution in [2.24, 2.45) is 5.92 Å². The first-order valence-corrected chi connectivity index (χ1v) is 12.2. The highest BCUT2D eigenvalue weighted by atomic mass is 19.1. The minimum absolute atomic E-state index is 0.0313. The number of aryl methyl sites for hydroxylation is 1. The van der Waals surface area contributed by atoms with Crippen molar-refractivity contribution in [3.05, 3.63) is 54.1 Å². The first kappa shape index (κ1) is 23.8. The van der Waals surface area contributed by atoms with E-state index in [4.69, 9.17) is 15.5 Å². The Balaban J connectivity index is 1.48. The molecule has 36 heavy (non-hydrogen) atoms. The number of hydrogen-bond acceptors (Lipinski definition) is 6. The molecule has 1 aliphatic rings. The van der Waals surface area contributed by atoms with E-state index in [1.54, 1.807) is 14.0 Å². The Labute approximate surface area is 208 Å². The lowest BCUT2D eigenvalue weighted by molar-refractivity contribution is -0.130. The van der Waals surface area contributed by atoms with Crippen LogP contribution in [0.3, 0.4) is 0 Å². The largest absolute Gasteiger partial charge is 0.497 e. The summed E-state index contributed by atoms with van der Waals surface area (Å²) in [5.41, 5.74) is 9.98. The summed E-state index contributed by atoms with van der Waals surface area (Å²) in [7, 11) is 1.64. The molecule has 4 aromatic rings. The third-order valence-corrected chi connectivity index (χ3v) is 7.06. The summed E-state index contributed by atoms with van der Waals surface area (Å²) >= 11 is 0. The van der Waals surface area contributed by atoms with Crippen molar-refractivity contribution in [1.82, 2.24) is 29.4 Å². The van der Waals surface area contributed by atoms with Crippen LogP contribution in [0, 0.1) is 12.0 Å². The molecule has 0 bridgehead atoms. The van der Waals surface area contributed by atoms with Gasteiger partial charge in [0.1, 0.15) is 11.6 Å². The number of aromatic nitrogens is 5. The van der Waals surface area contributed by atoms with E-state index in [1.807, 2.05) is 46.1 Å². The number of aromatic amines is 1. The Morgan fingerprint density at radius 1 is 1.22 bits per heavy atom. The van der Waals surface area contributed by atoms with Crippen molar-refractivity contribution in [2.45, 2.75) is 39.2 Å². The minimum atomic E-state index is -0.864. The molecule has 1 aromatic carbocycles. The summed E-state index contributed by atoms with van der Waals surface area (Å²) in [6.07, 6.45) is 6.21. The lowest BCUT2D eigenvalue weighted by Crippen LogP contribution is -2.37. The third kappa shape index (κ3) is 4.75. The van der Waals surface area contributed by atoms with E-state index in [1.165, 1.54) is 0 Å². The van der Waals surface area contributed by atoms with E-state index in [0.29, 0.717) is 30.0 Å². The molecule has 0 spiro atoms. The van der Waals surface area contributed by atoms with Gasteiger partial charge in [-0.15, -0.1) is 0 Å². The van der Waals surface area contributed by atoms with Gasteiger partial charge in [0.2, 0.25) is 5.91 Å². The van der Waals surface area contributed by atoms with Crippen LogP contribution in [0.25, 0.3) is 22.3 Å². The standard InChI is InChI=1S/C26H30FN7O2/c1-16(35)33-10-6-17(7-11-33)8-12-34-22(30-23-24(28)31-26(27)32-25(23)34)14-19-13-20(36-2)3-4-21(19)18-5-9-29-15-18/h3-5,9,13,15,17,29H,6-8,10-12,14H2,1-2H3,(H2,28,31,32). The number of nitrogens with one attached hydrogen (secondary N) is 1. The van der Waals surface area contributed by atoms with Crippen molar-refractivity contribution in [3.8, 4) is 16.9 Å². The van der Waals surface area contributed by atoms with Crippen LogP contribution in [-0.4, -0.2) is 55.5 Å². The Hall–Kier alpha value is -3.95. The maximum Gasteiger partial charge on any atom is 0.312 e. The molecule has 9 nitrogen and oxygen atoms in total. The quantitative estimate of drug-likeness (QED) is 0.380. The molecule has 10 heteroatoms. The number of likely N-dealkylation sites (tertiary alicyclic amines) is 1. The molecule has 1 saturated heterocycles. The van der Waals surface area contributed by atoms with Gasteiger partial charge in [0.25, 0.3) is 0 Å². The molecule has 1 fully saturated rings. The topological polar surface area (TPSA) is 115 Å². The number of fused-ring (bicyclic) bond motifs is 1. The van der Waals surface area contributed by atoms with Crippen LogP contribution in [0.2, 0.25) is 0 Å². The van der Waals surface area contributed by atoms with E-state index in [2.05, 4.69) is 15.0 Å². The number of benzene rings is 1. The first-order chi connectivity index (χ1) is 17.4. The molecular formula is C26H30FN7O2. The fourth-order valence-corrected chi connectivity index (χ4v) is 5.04. The molecule has 5 rings (SSSR count). The van der Waals surface area contributed by atoms with Crippen LogP contribution in [0.5, 0.6) is 5.75 Å². The number of methoxy groups -OCH3 is 1. The van der Waals surface area contributed by atoms with E-state index < -0.39 is 6.08 Å². The normalized spacial score (nSPS) is 14.5. The molecule has 0 saturated carbocycles. The van der Waals surface area contributed by atoms with Gasteiger partial charge >= 0.3 is 6.08 Å². The Bertz CT molecular complexity index is 1370. The number of amides is 1. The Morgan fingerprint density at radius 3 is 2.72 bits per heavy atom. The average Bonchev–Trinajstić information content (AvgIpc) is 3.52. The maximum atomic E-state index is 14.2. The second kappa shape index (κ2) is 9.96. The predicted octanol–water partition coefficient (Wildman–Crippen LogP) is 3.79. The summed E-state index contributed by atoms with van der Waals surface area (Å²) < 4.78 is 21.6. The highest BCUT2D eigenvalue weighted by molar-refractivity contribution is 5.82. The van der Waals surface area contributed by atoms with Gasteiger partial charge in [-0.3, -0.25) is 4.79 Å². The molecule has 0 radical (unpaired) electrons. The second-order valence-electron chi connectivity index (χ2n) is 9.27. The number of ether oxygens (including phenoxy) is 1. The number of piperidine rings is 1. The van der Waals surface area contributed by atoms with Gasteiger partial charge in [-0.2, -0.15) is 14.4 Å². The number of H-pyrrole nitrogens is 1. The van der Waals surface area contributed by atoms with Gasteiger partial charge in [-0.25, -0.2) is 4.98 Å². The smallest absolute Gasteiger partial charge is 0.312 e. The summed E-state index contributed by atoms with van der Waals surface area (Å²) in [5, 5.41) is 0. The Kier molecular flexibility index (Phi) is 6.58. The van der Waals surface area contributed by atoms with E-state index in [9.17, 15) is 9.18 Å². The van der Waals surface area contributed by atoms with Crippen molar-refractivity contribution in [2.75, 3.05) is 25.9 Å². The molecular weight excluding hydrogens is 461 g/mol. The number of nitrogen functional groups attached to an aromatic ring is 1. The van der Waals surface area contributed by atoms with Crippen LogP contribution in [-0.2, 0) is 17.8 Å². The van der Waals surface area contributed by atoms with Crippen molar-refractivity contribution in [3.63, 3.8) is 0 Å². The molecule has 3 aromatic heterocycles. The fraction of sp³-hybridized carbons (Fsp3) is 0.385. The summed E-state index contributed by atoms with van der Waals surface area (Å²) in [5.74, 6) is 2.10. The molecule has 1 amide bonds. The highest BCUT2D eigenvalue weighted by Crippen LogP contribution is 2.31. The predicted molar refractivity (Wildman–Crippen MR) is 135 cm³/mol. The summed E-state index contributed by atoms with van der Waals surface area (Å²) in [6, 6.07) is 7.97. The SMILES string of the molecule is COc1ccc(-c2cc[nH]c2)c(Cc2nc3c(N)nc(F)nc3n2CCC2CCN(C(C)=O)CC2)c1.